The topological polar surface area (TPSA) is 40.6 Å². The summed E-state index contributed by atoms with van der Waals surface area (Å²) in [5.41, 5.74) is 2.19. The van der Waals surface area contributed by atoms with Crippen molar-refractivity contribution < 1.29 is 9.59 Å². The summed E-state index contributed by atoms with van der Waals surface area (Å²) in [5, 5.41) is 2.74. The Balaban J connectivity index is 1.91. The highest BCUT2D eigenvalue weighted by Gasteiger charge is 2.33. The van der Waals surface area contributed by atoms with Crippen molar-refractivity contribution in [2.75, 3.05) is 19.6 Å². The molecular weight excluding hydrogens is 368 g/mol. The molecule has 0 radical (unpaired) electrons. The number of carbonyl (C=O) groups is 2. The van der Waals surface area contributed by atoms with Crippen molar-refractivity contribution in [3.63, 3.8) is 0 Å². The van der Waals surface area contributed by atoms with Crippen LogP contribution in [0, 0.1) is 0 Å². The minimum absolute atomic E-state index is 0.0566. The third-order valence-electron chi connectivity index (χ3n) is 4.59. The van der Waals surface area contributed by atoms with Gasteiger partial charge in [0.1, 0.15) is 6.54 Å². The lowest BCUT2D eigenvalue weighted by Gasteiger charge is -2.37. The SMILES string of the molecule is C=CCN(CC(=O)N1CCc2sccc2[C@H]1c1ccc(Cl)cc1)C(C)=O. The second kappa shape index (κ2) is 8.06. The van der Waals surface area contributed by atoms with Gasteiger partial charge in [-0.1, -0.05) is 29.8 Å². The molecule has 136 valence electrons. The first-order valence-electron chi connectivity index (χ1n) is 8.49. The Kier molecular flexibility index (Phi) is 5.79. The number of carbonyl (C=O) groups excluding carboxylic acids is 2. The highest BCUT2D eigenvalue weighted by molar-refractivity contribution is 7.10. The zero-order valence-electron chi connectivity index (χ0n) is 14.7. The predicted octanol–water partition coefficient (Wildman–Crippen LogP) is 3.91. The summed E-state index contributed by atoms with van der Waals surface area (Å²) in [5.74, 6) is -0.187. The summed E-state index contributed by atoms with van der Waals surface area (Å²) in [6.07, 6.45) is 2.48. The van der Waals surface area contributed by atoms with E-state index in [2.05, 4.69) is 18.0 Å². The first kappa shape index (κ1) is 18.7. The van der Waals surface area contributed by atoms with Crippen LogP contribution < -0.4 is 0 Å². The van der Waals surface area contributed by atoms with Gasteiger partial charge in [0, 0.05) is 29.9 Å². The van der Waals surface area contributed by atoms with E-state index < -0.39 is 0 Å². The third-order valence-corrected chi connectivity index (χ3v) is 5.84. The Hall–Kier alpha value is -2.11. The van der Waals surface area contributed by atoms with Crippen LogP contribution in [-0.4, -0.2) is 41.2 Å². The number of hydrogen-bond acceptors (Lipinski definition) is 3. The van der Waals surface area contributed by atoms with Gasteiger partial charge in [0.2, 0.25) is 11.8 Å². The van der Waals surface area contributed by atoms with Crippen molar-refractivity contribution in [1.82, 2.24) is 9.80 Å². The van der Waals surface area contributed by atoms with Crippen LogP contribution in [0.1, 0.15) is 29.0 Å². The van der Waals surface area contributed by atoms with Gasteiger partial charge in [-0.15, -0.1) is 17.9 Å². The van der Waals surface area contributed by atoms with Gasteiger partial charge in [0.25, 0.3) is 0 Å². The Morgan fingerprint density at radius 3 is 2.73 bits per heavy atom. The monoisotopic (exact) mass is 388 g/mol. The molecule has 1 atom stereocenters. The van der Waals surface area contributed by atoms with Crippen molar-refractivity contribution in [2.45, 2.75) is 19.4 Å². The Morgan fingerprint density at radius 2 is 2.08 bits per heavy atom. The number of amides is 2. The van der Waals surface area contributed by atoms with E-state index in [-0.39, 0.29) is 24.4 Å². The minimum atomic E-state index is -0.146. The van der Waals surface area contributed by atoms with Crippen LogP contribution >= 0.6 is 22.9 Å². The van der Waals surface area contributed by atoms with Crippen LogP contribution in [0.5, 0.6) is 0 Å². The molecule has 0 unspecified atom stereocenters. The average Bonchev–Trinajstić information content (AvgIpc) is 3.10. The number of benzene rings is 1. The molecule has 0 fully saturated rings. The van der Waals surface area contributed by atoms with Crippen LogP contribution in [0.3, 0.4) is 0 Å². The molecule has 0 spiro atoms. The van der Waals surface area contributed by atoms with Crippen molar-refractivity contribution in [1.29, 1.82) is 0 Å². The second-order valence-corrected chi connectivity index (χ2v) is 7.72. The Bertz CT molecular complexity index is 815. The van der Waals surface area contributed by atoms with Gasteiger partial charge in [-0.05, 0) is 41.1 Å². The molecule has 1 aliphatic rings. The van der Waals surface area contributed by atoms with Gasteiger partial charge in [-0.25, -0.2) is 0 Å². The summed E-state index contributed by atoms with van der Waals surface area (Å²) in [4.78, 5) is 29.5. The van der Waals surface area contributed by atoms with Crippen LogP contribution in [0.15, 0.2) is 48.4 Å². The van der Waals surface area contributed by atoms with E-state index in [1.54, 1.807) is 17.4 Å². The molecule has 6 heteroatoms. The Morgan fingerprint density at radius 1 is 1.35 bits per heavy atom. The number of fused-ring (bicyclic) bond motifs is 1. The van der Waals surface area contributed by atoms with E-state index in [1.165, 1.54) is 16.7 Å². The summed E-state index contributed by atoms with van der Waals surface area (Å²) in [7, 11) is 0. The van der Waals surface area contributed by atoms with E-state index in [0.717, 1.165) is 17.5 Å². The molecule has 26 heavy (non-hydrogen) atoms. The first-order valence-corrected chi connectivity index (χ1v) is 9.74. The maximum absolute atomic E-state index is 13.0. The number of halogens is 1. The zero-order chi connectivity index (χ0) is 18.7. The molecule has 2 amide bonds. The van der Waals surface area contributed by atoms with Gasteiger partial charge in [0.15, 0.2) is 0 Å². The van der Waals surface area contributed by atoms with Gasteiger partial charge in [0.05, 0.1) is 6.04 Å². The molecule has 2 aromatic rings. The molecule has 0 aliphatic carbocycles. The molecular formula is C20H21ClN2O2S. The van der Waals surface area contributed by atoms with Crippen molar-refractivity contribution in [3.8, 4) is 0 Å². The number of thiophene rings is 1. The van der Waals surface area contributed by atoms with Gasteiger partial charge in [-0.2, -0.15) is 0 Å². The average molecular weight is 389 g/mol. The minimum Gasteiger partial charge on any atom is -0.330 e. The second-order valence-electron chi connectivity index (χ2n) is 6.28. The van der Waals surface area contributed by atoms with E-state index in [9.17, 15) is 9.59 Å². The van der Waals surface area contributed by atoms with Gasteiger partial charge < -0.3 is 9.80 Å². The molecule has 0 saturated carbocycles. The molecule has 3 rings (SSSR count). The summed E-state index contributed by atoms with van der Waals surface area (Å²) >= 11 is 7.76. The molecule has 0 bridgehead atoms. The highest BCUT2D eigenvalue weighted by Crippen LogP contribution is 2.38. The van der Waals surface area contributed by atoms with Gasteiger partial charge in [-0.3, -0.25) is 9.59 Å². The maximum Gasteiger partial charge on any atom is 0.243 e. The fourth-order valence-electron chi connectivity index (χ4n) is 3.30. The fourth-order valence-corrected chi connectivity index (χ4v) is 4.33. The lowest BCUT2D eigenvalue weighted by atomic mass is 9.93. The van der Waals surface area contributed by atoms with E-state index in [1.807, 2.05) is 29.2 Å². The molecule has 0 N–H and O–H groups in total. The molecule has 0 saturated heterocycles. The van der Waals surface area contributed by atoms with Crippen LogP contribution in [0.2, 0.25) is 5.02 Å². The molecule has 4 nitrogen and oxygen atoms in total. The largest absolute Gasteiger partial charge is 0.330 e. The summed E-state index contributed by atoms with van der Waals surface area (Å²) < 4.78 is 0. The van der Waals surface area contributed by atoms with Crippen LogP contribution in [-0.2, 0) is 16.0 Å². The van der Waals surface area contributed by atoms with Gasteiger partial charge >= 0.3 is 0 Å². The Labute approximate surface area is 162 Å². The number of nitrogens with zero attached hydrogens (tertiary/aromatic N) is 2. The number of hydrogen-bond donors (Lipinski definition) is 0. The number of rotatable bonds is 5. The maximum atomic E-state index is 13.0. The van der Waals surface area contributed by atoms with E-state index >= 15 is 0 Å². The quantitative estimate of drug-likeness (QED) is 0.728. The standard InChI is InChI=1S/C20H21ClN2O2S/c1-3-10-22(14(2)24)13-19(25)23-11-8-18-17(9-12-26-18)20(23)15-4-6-16(21)7-5-15/h3-7,9,12,20H,1,8,10-11,13H2,2H3/t20-/m1/s1. The normalized spacial score (nSPS) is 16.1. The molecule has 1 aromatic carbocycles. The van der Waals surface area contributed by atoms with Crippen molar-refractivity contribution >= 4 is 34.8 Å². The van der Waals surface area contributed by atoms with Crippen LogP contribution in [0.4, 0.5) is 0 Å². The smallest absolute Gasteiger partial charge is 0.243 e. The van der Waals surface area contributed by atoms with Crippen molar-refractivity contribution in [3.05, 3.63) is 69.4 Å². The zero-order valence-corrected chi connectivity index (χ0v) is 16.2. The first-order chi connectivity index (χ1) is 12.5. The summed E-state index contributed by atoms with van der Waals surface area (Å²) in [6, 6.07) is 9.57. The lowest BCUT2D eigenvalue weighted by molar-refractivity contribution is -0.140. The fraction of sp³-hybridized carbons (Fsp3) is 0.300. The summed E-state index contributed by atoms with van der Waals surface area (Å²) in [6.45, 7) is 6.20. The third kappa shape index (κ3) is 3.84. The van der Waals surface area contributed by atoms with Crippen LogP contribution in [0.25, 0.3) is 0 Å². The highest BCUT2D eigenvalue weighted by atomic mass is 35.5. The van der Waals surface area contributed by atoms with Crippen molar-refractivity contribution in [2.24, 2.45) is 0 Å². The molecule has 1 aliphatic heterocycles. The molecule has 1 aromatic heterocycles. The van der Waals surface area contributed by atoms with E-state index in [0.29, 0.717) is 18.1 Å². The lowest BCUT2D eigenvalue weighted by Crippen LogP contribution is -2.46. The molecule has 2 heterocycles. The predicted molar refractivity (Wildman–Crippen MR) is 105 cm³/mol. The van der Waals surface area contributed by atoms with E-state index in [4.69, 9.17) is 11.6 Å².